The van der Waals surface area contributed by atoms with Crippen molar-refractivity contribution in [3.63, 3.8) is 0 Å². The van der Waals surface area contributed by atoms with Crippen LogP contribution in [-0.2, 0) is 11.4 Å². The molecule has 116 valence electrons. The molecule has 5 nitrogen and oxygen atoms in total. The number of benzene rings is 2. The van der Waals surface area contributed by atoms with E-state index >= 15 is 0 Å². The number of hydroxylamine groups is 2. The van der Waals surface area contributed by atoms with E-state index < -0.39 is 0 Å². The fraction of sp³-hybridized carbons (Fsp3) is 0.235. The lowest BCUT2D eigenvalue weighted by Crippen LogP contribution is -2.26. The lowest BCUT2D eigenvalue weighted by Gasteiger charge is -2.17. The van der Waals surface area contributed by atoms with Gasteiger partial charge in [0.2, 0.25) is 0 Å². The van der Waals surface area contributed by atoms with Crippen molar-refractivity contribution < 1.29 is 14.4 Å². The number of carbonyl (C=O) groups is 1. The molecule has 2 rings (SSSR count). The SMILES string of the molecule is COc1ccc(CNc2ccccc2C(=O)N(C)OC)cc1. The van der Waals surface area contributed by atoms with Crippen LogP contribution in [0.3, 0.4) is 0 Å². The molecule has 0 aliphatic heterocycles. The molecule has 2 aromatic rings. The lowest BCUT2D eigenvalue weighted by molar-refractivity contribution is -0.0756. The molecular weight excluding hydrogens is 280 g/mol. The molecule has 0 saturated carbocycles. The van der Waals surface area contributed by atoms with E-state index in [9.17, 15) is 4.79 Å². The zero-order valence-corrected chi connectivity index (χ0v) is 13.0. The predicted molar refractivity (Wildman–Crippen MR) is 85.9 cm³/mol. The molecule has 0 aliphatic carbocycles. The Morgan fingerprint density at radius 2 is 1.77 bits per heavy atom. The maximum absolute atomic E-state index is 12.2. The monoisotopic (exact) mass is 300 g/mol. The fourth-order valence-electron chi connectivity index (χ4n) is 2.02. The third-order valence-electron chi connectivity index (χ3n) is 3.36. The second-order valence-corrected chi connectivity index (χ2v) is 4.73. The molecule has 0 saturated heterocycles. The van der Waals surface area contributed by atoms with Crippen LogP contribution >= 0.6 is 0 Å². The molecule has 22 heavy (non-hydrogen) atoms. The van der Waals surface area contributed by atoms with Crippen molar-refractivity contribution in [2.75, 3.05) is 26.6 Å². The Labute approximate surface area is 130 Å². The molecule has 5 heteroatoms. The third-order valence-corrected chi connectivity index (χ3v) is 3.36. The molecule has 0 aliphatic rings. The predicted octanol–water partition coefficient (Wildman–Crippen LogP) is 2.94. The van der Waals surface area contributed by atoms with Crippen LogP contribution in [0.15, 0.2) is 48.5 Å². The fourth-order valence-corrected chi connectivity index (χ4v) is 2.02. The highest BCUT2D eigenvalue weighted by molar-refractivity contribution is 5.98. The van der Waals surface area contributed by atoms with Crippen molar-refractivity contribution in [2.24, 2.45) is 0 Å². The average molecular weight is 300 g/mol. The van der Waals surface area contributed by atoms with Gasteiger partial charge < -0.3 is 10.1 Å². The van der Waals surface area contributed by atoms with E-state index in [1.54, 1.807) is 20.2 Å². The maximum atomic E-state index is 12.2. The number of nitrogens with one attached hydrogen (secondary N) is 1. The minimum Gasteiger partial charge on any atom is -0.497 e. The van der Waals surface area contributed by atoms with Crippen LogP contribution in [0.4, 0.5) is 5.69 Å². The Bertz CT molecular complexity index is 626. The summed E-state index contributed by atoms with van der Waals surface area (Å²) in [6.45, 7) is 0.616. The minimum absolute atomic E-state index is 0.194. The normalized spacial score (nSPS) is 10.1. The summed E-state index contributed by atoms with van der Waals surface area (Å²) in [6, 6.07) is 15.2. The number of ether oxygens (including phenoxy) is 1. The van der Waals surface area contributed by atoms with Gasteiger partial charge in [0.05, 0.1) is 19.8 Å². The second-order valence-electron chi connectivity index (χ2n) is 4.73. The summed E-state index contributed by atoms with van der Waals surface area (Å²) in [4.78, 5) is 17.2. The molecule has 0 spiro atoms. The van der Waals surface area contributed by atoms with Gasteiger partial charge in [-0.25, -0.2) is 5.06 Å². The highest BCUT2D eigenvalue weighted by Crippen LogP contribution is 2.19. The van der Waals surface area contributed by atoms with Crippen molar-refractivity contribution >= 4 is 11.6 Å². The van der Waals surface area contributed by atoms with Gasteiger partial charge >= 0.3 is 0 Å². The number of amides is 1. The highest BCUT2D eigenvalue weighted by atomic mass is 16.7. The van der Waals surface area contributed by atoms with Gasteiger partial charge in [0.25, 0.3) is 5.91 Å². The zero-order chi connectivity index (χ0) is 15.9. The second kappa shape index (κ2) is 7.47. The zero-order valence-electron chi connectivity index (χ0n) is 13.0. The number of anilines is 1. The van der Waals surface area contributed by atoms with Crippen LogP contribution in [0.25, 0.3) is 0 Å². The van der Waals surface area contributed by atoms with Crippen LogP contribution in [0.5, 0.6) is 5.75 Å². The van der Waals surface area contributed by atoms with Crippen LogP contribution in [0.2, 0.25) is 0 Å². The first-order valence-corrected chi connectivity index (χ1v) is 6.93. The van der Waals surface area contributed by atoms with E-state index in [1.807, 2.05) is 42.5 Å². The Morgan fingerprint density at radius 1 is 1.09 bits per heavy atom. The van der Waals surface area contributed by atoms with Gasteiger partial charge in [-0.15, -0.1) is 0 Å². The number of nitrogens with zero attached hydrogens (tertiary/aromatic N) is 1. The minimum atomic E-state index is -0.194. The molecule has 2 aromatic carbocycles. The Kier molecular flexibility index (Phi) is 5.38. The summed E-state index contributed by atoms with van der Waals surface area (Å²) >= 11 is 0. The summed E-state index contributed by atoms with van der Waals surface area (Å²) in [6.07, 6.45) is 0. The largest absolute Gasteiger partial charge is 0.497 e. The Hall–Kier alpha value is -2.53. The van der Waals surface area contributed by atoms with Crippen molar-refractivity contribution in [1.29, 1.82) is 0 Å². The van der Waals surface area contributed by atoms with Gasteiger partial charge in [0, 0.05) is 19.3 Å². The van der Waals surface area contributed by atoms with E-state index in [-0.39, 0.29) is 5.91 Å². The van der Waals surface area contributed by atoms with E-state index in [0.29, 0.717) is 12.1 Å². The Balaban J connectivity index is 2.10. The molecular formula is C17H20N2O3. The van der Waals surface area contributed by atoms with Crippen LogP contribution in [0, 0.1) is 0 Å². The molecule has 0 unspecified atom stereocenters. The first-order valence-electron chi connectivity index (χ1n) is 6.93. The lowest BCUT2D eigenvalue weighted by atomic mass is 10.1. The number of carbonyl (C=O) groups excluding carboxylic acids is 1. The standard InChI is InChI=1S/C17H20N2O3/c1-19(22-3)17(20)15-6-4-5-7-16(15)18-12-13-8-10-14(21-2)11-9-13/h4-11,18H,12H2,1-3H3. The van der Waals surface area contributed by atoms with Gasteiger partial charge in [0.1, 0.15) is 5.75 Å². The molecule has 0 atom stereocenters. The molecule has 0 radical (unpaired) electrons. The molecule has 0 heterocycles. The van der Waals surface area contributed by atoms with Crippen LogP contribution in [-0.4, -0.2) is 32.2 Å². The molecule has 0 bridgehead atoms. The van der Waals surface area contributed by atoms with Crippen molar-refractivity contribution in [2.45, 2.75) is 6.54 Å². The average Bonchev–Trinajstić information content (AvgIpc) is 2.59. The number of rotatable bonds is 6. The van der Waals surface area contributed by atoms with Gasteiger partial charge in [-0.3, -0.25) is 9.63 Å². The van der Waals surface area contributed by atoms with E-state index in [2.05, 4.69) is 5.32 Å². The van der Waals surface area contributed by atoms with Gasteiger partial charge in [-0.05, 0) is 29.8 Å². The summed E-state index contributed by atoms with van der Waals surface area (Å²) in [7, 11) is 4.69. The quantitative estimate of drug-likeness (QED) is 0.833. The summed E-state index contributed by atoms with van der Waals surface area (Å²) in [5.41, 5.74) is 2.44. The van der Waals surface area contributed by atoms with Crippen molar-refractivity contribution in [3.05, 3.63) is 59.7 Å². The van der Waals surface area contributed by atoms with Crippen LogP contribution in [0.1, 0.15) is 15.9 Å². The number of hydrogen-bond donors (Lipinski definition) is 1. The molecule has 0 aromatic heterocycles. The first kappa shape index (κ1) is 15.9. The van der Waals surface area contributed by atoms with Crippen molar-refractivity contribution in [3.8, 4) is 5.75 Å². The van der Waals surface area contributed by atoms with Gasteiger partial charge in [-0.1, -0.05) is 24.3 Å². The van der Waals surface area contributed by atoms with Crippen LogP contribution < -0.4 is 10.1 Å². The van der Waals surface area contributed by atoms with E-state index in [0.717, 1.165) is 17.0 Å². The summed E-state index contributed by atoms with van der Waals surface area (Å²) in [5.74, 6) is 0.626. The maximum Gasteiger partial charge on any atom is 0.279 e. The summed E-state index contributed by atoms with van der Waals surface area (Å²) in [5, 5.41) is 4.49. The Morgan fingerprint density at radius 3 is 2.41 bits per heavy atom. The van der Waals surface area contributed by atoms with Gasteiger partial charge in [-0.2, -0.15) is 0 Å². The number of hydrogen-bond acceptors (Lipinski definition) is 4. The first-order chi connectivity index (χ1) is 10.7. The number of methoxy groups -OCH3 is 1. The van der Waals surface area contributed by atoms with Crippen molar-refractivity contribution in [1.82, 2.24) is 5.06 Å². The smallest absolute Gasteiger partial charge is 0.279 e. The molecule has 1 amide bonds. The highest BCUT2D eigenvalue weighted by Gasteiger charge is 2.15. The molecule has 0 fully saturated rings. The summed E-state index contributed by atoms with van der Waals surface area (Å²) < 4.78 is 5.14. The van der Waals surface area contributed by atoms with Gasteiger partial charge in [0.15, 0.2) is 0 Å². The topological polar surface area (TPSA) is 50.8 Å². The number of para-hydroxylation sites is 1. The molecule has 1 N–H and O–H groups in total. The van der Waals surface area contributed by atoms with E-state index in [4.69, 9.17) is 9.57 Å². The third kappa shape index (κ3) is 3.77. The van der Waals surface area contributed by atoms with E-state index in [1.165, 1.54) is 12.2 Å².